The lowest BCUT2D eigenvalue weighted by Crippen LogP contribution is -2.39. The Bertz CT molecular complexity index is 276. The SMILES string of the molecule is CCCC(O)C1(C#N)CCC(C(C)(C)C)CC1. The van der Waals surface area contributed by atoms with Crippen LogP contribution in [0.5, 0.6) is 0 Å². The molecule has 0 bridgehead atoms. The molecular weight excluding hydrogens is 210 g/mol. The van der Waals surface area contributed by atoms with Crippen LogP contribution in [0.3, 0.4) is 0 Å². The summed E-state index contributed by atoms with van der Waals surface area (Å²) in [7, 11) is 0. The fraction of sp³-hybridized carbons (Fsp3) is 0.933. The van der Waals surface area contributed by atoms with Gasteiger partial charge in [0.25, 0.3) is 0 Å². The monoisotopic (exact) mass is 237 g/mol. The average Bonchev–Trinajstić information content (AvgIpc) is 2.28. The highest BCUT2D eigenvalue weighted by atomic mass is 16.3. The lowest BCUT2D eigenvalue weighted by Gasteiger charge is -2.42. The van der Waals surface area contributed by atoms with Crippen molar-refractivity contribution in [3.05, 3.63) is 0 Å². The van der Waals surface area contributed by atoms with Crippen LogP contribution in [-0.2, 0) is 0 Å². The van der Waals surface area contributed by atoms with E-state index < -0.39 is 11.5 Å². The van der Waals surface area contributed by atoms with Crippen LogP contribution in [0, 0.1) is 28.1 Å². The summed E-state index contributed by atoms with van der Waals surface area (Å²) < 4.78 is 0. The van der Waals surface area contributed by atoms with E-state index in [0.717, 1.165) is 38.5 Å². The van der Waals surface area contributed by atoms with E-state index in [1.807, 2.05) is 0 Å². The molecule has 1 aliphatic rings. The van der Waals surface area contributed by atoms with Gasteiger partial charge in [0.15, 0.2) is 0 Å². The van der Waals surface area contributed by atoms with Gasteiger partial charge in [0.05, 0.1) is 17.6 Å². The first-order valence-electron chi connectivity index (χ1n) is 6.95. The summed E-state index contributed by atoms with van der Waals surface area (Å²) in [6.45, 7) is 8.90. The molecule has 1 aliphatic carbocycles. The van der Waals surface area contributed by atoms with Gasteiger partial charge in [0, 0.05) is 0 Å². The van der Waals surface area contributed by atoms with E-state index in [-0.39, 0.29) is 0 Å². The molecule has 2 nitrogen and oxygen atoms in total. The van der Waals surface area contributed by atoms with Gasteiger partial charge in [-0.25, -0.2) is 0 Å². The van der Waals surface area contributed by atoms with Gasteiger partial charge >= 0.3 is 0 Å². The molecule has 0 aromatic heterocycles. The Morgan fingerprint density at radius 3 is 2.24 bits per heavy atom. The van der Waals surface area contributed by atoms with Gasteiger partial charge < -0.3 is 5.11 Å². The summed E-state index contributed by atoms with van der Waals surface area (Å²) in [6, 6.07) is 2.42. The number of hydrogen-bond acceptors (Lipinski definition) is 2. The molecule has 2 heteroatoms. The third-order valence-electron chi connectivity index (χ3n) is 4.53. The van der Waals surface area contributed by atoms with Crippen LogP contribution < -0.4 is 0 Å². The minimum atomic E-state index is -0.461. The molecule has 0 radical (unpaired) electrons. The molecule has 1 atom stereocenters. The van der Waals surface area contributed by atoms with Crippen molar-refractivity contribution in [2.24, 2.45) is 16.7 Å². The third-order valence-corrected chi connectivity index (χ3v) is 4.53. The lowest BCUT2D eigenvalue weighted by atomic mass is 9.62. The molecular formula is C15H27NO. The van der Waals surface area contributed by atoms with Gasteiger partial charge in [-0.2, -0.15) is 5.26 Å². The van der Waals surface area contributed by atoms with Gasteiger partial charge in [0.1, 0.15) is 0 Å². The zero-order valence-electron chi connectivity index (χ0n) is 11.8. The quantitative estimate of drug-likeness (QED) is 0.809. The van der Waals surface area contributed by atoms with Crippen molar-refractivity contribution in [3.63, 3.8) is 0 Å². The smallest absolute Gasteiger partial charge is 0.0832 e. The predicted octanol–water partition coefficient (Wildman–Crippen LogP) is 3.89. The molecule has 1 rings (SSSR count). The van der Waals surface area contributed by atoms with Crippen LogP contribution in [0.25, 0.3) is 0 Å². The number of hydrogen-bond donors (Lipinski definition) is 1. The first-order chi connectivity index (χ1) is 7.85. The predicted molar refractivity (Wildman–Crippen MR) is 70.4 cm³/mol. The van der Waals surface area contributed by atoms with E-state index in [2.05, 4.69) is 33.8 Å². The van der Waals surface area contributed by atoms with Crippen molar-refractivity contribution in [2.75, 3.05) is 0 Å². The highest BCUT2D eigenvalue weighted by molar-refractivity contribution is 5.06. The summed E-state index contributed by atoms with van der Waals surface area (Å²) in [5, 5.41) is 19.6. The molecule has 1 saturated carbocycles. The Morgan fingerprint density at radius 1 is 1.35 bits per heavy atom. The maximum Gasteiger partial charge on any atom is 0.0832 e. The van der Waals surface area contributed by atoms with E-state index >= 15 is 0 Å². The van der Waals surface area contributed by atoms with Gasteiger partial charge in [-0.05, 0) is 43.4 Å². The number of rotatable bonds is 3. The fourth-order valence-corrected chi connectivity index (χ4v) is 3.07. The van der Waals surface area contributed by atoms with E-state index in [0.29, 0.717) is 11.3 Å². The Morgan fingerprint density at radius 2 is 1.88 bits per heavy atom. The van der Waals surface area contributed by atoms with Gasteiger partial charge in [-0.3, -0.25) is 0 Å². The summed E-state index contributed by atoms with van der Waals surface area (Å²) >= 11 is 0. The van der Waals surface area contributed by atoms with Crippen LogP contribution >= 0.6 is 0 Å². The van der Waals surface area contributed by atoms with Gasteiger partial charge in [0.2, 0.25) is 0 Å². The average molecular weight is 237 g/mol. The lowest BCUT2D eigenvalue weighted by molar-refractivity contribution is 0.00481. The Kier molecular flexibility index (Phi) is 4.61. The standard InChI is InChI=1S/C15H27NO/c1-5-6-13(17)15(11-16)9-7-12(8-10-15)14(2,3)4/h12-13,17H,5-10H2,1-4H3. The highest BCUT2D eigenvalue weighted by Crippen LogP contribution is 2.47. The van der Waals surface area contributed by atoms with Gasteiger partial charge in [-0.1, -0.05) is 34.1 Å². The summed E-state index contributed by atoms with van der Waals surface area (Å²) in [5.41, 5.74) is -0.130. The molecule has 98 valence electrons. The van der Waals surface area contributed by atoms with Gasteiger partial charge in [-0.15, -0.1) is 0 Å². The first-order valence-corrected chi connectivity index (χ1v) is 6.95. The molecule has 1 unspecified atom stereocenters. The molecule has 0 spiro atoms. The topological polar surface area (TPSA) is 44.0 Å². The van der Waals surface area contributed by atoms with Crippen molar-refractivity contribution in [3.8, 4) is 6.07 Å². The maximum absolute atomic E-state index is 10.2. The third kappa shape index (κ3) is 3.22. The normalized spacial score (nSPS) is 31.9. The summed E-state index contributed by atoms with van der Waals surface area (Å²) in [5.74, 6) is 0.692. The van der Waals surface area contributed by atoms with Crippen LogP contribution in [0.15, 0.2) is 0 Å². The molecule has 1 N–H and O–H groups in total. The van der Waals surface area contributed by atoms with Crippen molar-refractivity contribution < 1.29 is 5.11 Å². The minimum absolute atomic E-state index is 0.331. The number of nitrogens with zero attached hydrogens (tertiary/aromatic N) is 1. The summed E-state index contributed by atoms with van der Waals surface area (Å²) in [6.07, 6.45) is 5.18. The fourth-order valence-electron chi connectivity index (χ4n) is 3.07. The van der Waals surface area contributed by atoms with E-state index in [4.69, 9.17) is 0 Å². The second-order valence-electron chi connectivity index (χ2n) is 6.71. The Hall–Kier alpha value is -0.550. The van der Waals surface area contributed by atoms with Crippen molar-refractivity contribution in [1.29, 1.82) is 5.26 Å². The molecule has 0 aromatic carbocycles. The second-order valence-corrected chi connectivity index (χ2v) is 6.71. The summed E-state index contributed by atoms with van der Waals surface area (Å²) in [4.78, 5) is 0. The van der Waals surface area contributed by atoms with E-state index in [1.165, 1.54) is 0 Å². The minimum Gasteiger partial charge on any atom is -0.391 e. The van der Waals surface area contributed by atoms with Crippen molar-refractivity contribution in [2.45, 2.75) is 72.3 Å². The number of nitriles is 1. The van der Waals surface area contributed by atoms with E-state index in [9.17, 15) is 10.4 Å². The zero-order valence-corrected chi connectivity index (χ0v) is 11.8. The van der Waals surface area contributed by atoms with Crippen LogP contribution in [0.4, 0.5) is 0 Å². The Labute approximate surface area is 106 Å². The first kappa shape index (κ1) is 14.5. The largest absolute Gasteiger partial charge is 0.391 e. The highest BCUT2D eigenvalue weighted by Gasteiger charge is 2.43. The molecule has 0 heterocycles. The molecule has 0 amide bonds. The van der Waals surface area contributed by atoms with Crippen molar-refractivity contribution in [1.82, 2.24) is 0 Å². The van der Waals surface area contributed by atoms with Crippen LogP contribution in [0.1, 0.15) is 66.2 Å². The Balaban J connectivity index is 2.67. The molecule has 0 aliphatic heterocycles. The molecule has 1 fully saturated rings. The van der Waals surface area contributed by atoms with Crippen molar-refractivity contribution >= 4 is 0 Å². The number of aliphatic hydroxyl groups excluding tert-OH is 1. The number of aliphatic hydroxyl groups is 1. The van der Waals surface area contributed by atoms with Crippen LogP contribution in [0.2, 0.25) is 0 Å². The zero-order chi connectivity index (χ0) is 13.1. The molecule has 0 aromatic rings. The maximum atomic E-state index is 10.2. The second kappa shape index (κ2) is 5.40. The van der Waals surface area contributed by atoms with E-state index in [1.54, 1.807) is 0 Å². The molecule has 0 saturated heterocycles. The van der Waals surface area contributed by atoms with Crippen LogP contribution in [-0.4, -0.2) is 11.2 Å². The molecule has 17 heavy (non-hydrogen) atoms.